The number of rotatable bonds is 4. The van der Waals surface area contributed by atoms with Crippen molar-refractivity contribution in [3.05, 3.63) is 28.7 Å². The molecule has 0 radical (unpaired) electrons. The van der Waals surface area contributed by atoms with Gasteiger partial charge in [0.2, 0.25) is 0 Å². The van der Waals surface area contributed by atoms with E-state index in [0.717, 1.165) is 4.47 Å². The van der Waals surface area contributed by atoms with E-state index < -0.39 is 40.9 Å². The fourth-order valence-electron chi connectivity index (χ4n) is 2.47. The number of nitrogens with zero attached hydrogens (tertiary/aromatic N) is 1. The maximum atomic E-state index is 12.4. The lowest BCUT2D eigenvalue weighted by Crippen LogP contribution is -2.44. The molecule has 0 saturated carbocycles. The second-order valence-corrected chi connectivity index (χ2v) is 8.86. The summed E-state index contributed by atoms with van der Waals surface area (Å²) in [6.07, 6.45) is -1.02. The summed E-state index contributed by atoms with van der Waals surface area (Å²) in [6, 6.07) is 6.05. The van der Waals surface area contributed by atoms with Crippen molar-refractivity contribution < 1.29 is 27.5 Å². The first-order valence-electron chi connectivity index (χ1n) is 8.02. The fourth-order valence-corrected chi connectivity index (χ4v) is 3.59. The normalized spacial score (nSPS) is 21.3. The van der Waals surface area contributed by atoms with E-state index in [1.807, 2.05) is 0 Å². The zero-order valence-electron chi connectivity index (χ0n) is 15.1. The topological polar surface area (TPSA) is 82.1 Å². The predicted octanol–water partition coefficient (Wildman–Crippen LogP) is 3.04. The third kappa shape index (κ3) is 5.52. The molecular formula is C17H22BrNO6S. The predicted molar refractivity (Wildman–Crippen MR) is 98.8 cm³/mol. The number of hydrogen-bond acceptors (Lipinski definition) is 6. The molecule has 1 heterocycles. The molecule has 7 nitrogen and oxygen atoms in total. The molecule has 1 aliphatic rings. The van der Waals surface area contributed by atoms with E-state index in [4.69, 9.17) is 13.7 Å². The first kappa shape index (κ1) is 20.9. The molecule has 1 unspecified atom stereocenters. The van der Waals surface area contributed by atoms with Crippen molar-refractivity contribution in [3.8, 4) is 0 Å². The van der Waals surface area contributed by atoms with Crippen LogP contribution in [0.1, 0.15) is 27.2 Å². The Bertz CT molecular complexity index is 687. The lowest BCUT2D eigenvalue weighted by atomic mass is 10.2. The van der Waals surface area contributed by atoms with Gasteiger partial charge in [-0.1, -0.05) is 15.9 Å². The lowest BCUT2D eigenvalue weighted by Gasteiger charge is -2.27. The molecule has 1 aromatic carbocycles. The summed E-state index contributed by atoms with van der Waals surface area (Å²) in [6.45, 7) is 5.32. The molecular weight excluding hydrogens is 426 g/mol. The Hall–Kier alpha value is -1.45. The van der Waals surface area contributed by atoms with E-state index in [1.165, 1.54) is 12.0 Å². The summed E-state index contributed by atoms with van der Waals surface area (Å²) in [4.78, 5) is 26.2. The molecule has 0 spiro atoms. The monoisotopic (exact) mass is 447 g/mol. The number of methoxy groups -OCH3 is 1. The standard InChI is InChI=1S/C17H22BrNO6S/c1-17(2,3)24-16(21)19-10-12(9-14(19)15(20)23-4)25-26(22)13-7-5-11(18)6-8-13/h5-8,12,14H,9-10H2,1-4H3/t12-,14-,26?/m0/s1. The summed E-state index contributed by atoms with van der Waals surface area (Å²) >= 11 is 1.60. The van der Waals surface area contributed by atoms with Gasteiger partial charge < -0.3 is 9.47 Å². The molecule has 0 aliphatic carbocycles. The van der Waals surface area contributed by atoms with Crippen molar-refractivity contribution in [1.82, 2.24) is 4.90 Å². The molecule has 1 amide bonds. The molecule has 2 rings (SSSR count). The quantitative estimate of drug-likeness (QED) is 0.659. The molecule has 1 aliphatic heterocycles. The molecule has 144 valence electrons. The highest BCUT2D eigenvalue weighted by Crippen LogP contribution is 2.26. The van der Waals surface area contributed by atoms with Crippen molar-refractivity contribution in [1.29, 1.82) is 0 Å². The van der Waals surface area contributed by atoms with Gasteiger partial charge in [0, 0.05) is 10.9 Å². The zero-order valence-corrected chi connectivity index (χ0v) is 17.5. The first-order chi connectivity index (χ1) is 12.1. The number of likely N-dealkylation sites (tertiary alicyclic amines) is 1. The van der Waals surface area contributed by atoms with Gasteiger partial charge in [-0.2, -0.15) is 0 Å². The Morgan fingerprint density at radius 3 is 2.38 bits per heavy atom. The molecule has 0 aromatic heterocycles. The Kier molecular flexibility index (Phi) is 6.81. The van der Waals surface area contributed by atoms with Crippen LogP contribution in [0, 0.1) is 0 Å². The van der Waals surface area contributed by atoms with Crippen LogP contribution >= 0.6 is 15.9 Å². The van der Waals surface area contributed by atoms with Crippen molar-refractivity contribution in [2.75, 3.05) is 13.7 Å². The van der Waals surface area contributed by atoms with Crippen LogP contribution in [0.2, 0.25) is 0 Å². The Morgan fingerprint density at radius 2 is 1.85 bits per heavy atom. The average Bonchev–Trinajstić information content (AvgIpc) is 2.97. The summed E-state index contributed by atoms with van der Waals surface area (Å²) < 4.78 is 28.9. The third-order valence-corrected chi connectivity index (χ3v) is 5.23. The maximum absolute atomic E-state index is 12.4. The van der Waals surface area contributed by atoms with Crippen molar-refractivity contribution in [2.24, 2.45) is 0 Å². The number of carbonyl (C=O) groups is 2. The highest BCUT2D eigenvalue weighted by Gasteiger charge is 2.43. The van der Waals surface area contributed by atoms with E-state index in [2.05, 4.69) is 15.9 Å². The van der Waals surface area contributed by atoms with E-state index in [0.29, 0.717) is 4.90 Å². The number of benzene rings is 1. The van der Waals surface area contributed by atoms with Gasteiger partial charge in [0.05, 0.1) is 24.7 Å². The summed E-state index contributed by atoms with van der Waals surface area (Å²) in [5.41, 5.74) is -0.697. The average molecular weight is 448 g/mol. The number of halogens is 1. The molecule has 9 heteroatoms. The van der Waals surface area contributed by atoms with Gasteiger partial charge in [0.1, 0.15) is 11.6 Å². The molecule has 1 fully saturated rings. The van der Waals surface area contributed by atoms with Gasteiger partial charge in [0.25, 0.3) is 0 Å². The third-order valence-electron chi connectivity index (χ3n) is 3.59. The molecule has 0 bridgehead atoms. The van der Waals surface area contributed by atoms with Crippen LogP contribution < -0.4 is 0 Å². The summed E-state index contributed by atoms with van der Waals surface area (Å²) in [7, 11) is 1.25. The molecule has 0 N–H and O–H groups in total. The van der Waals surface area contributed by atoms with Crippen LogP contribution in [0.4, 0.5) is 4.79 Å². The minimum Gasteiger partial charge on any atom is -0.467 e. The van der Waals surface area contributed by atoms with E-state index in [1.54, 1.807) is 45.0 Å². The second kappa shape index (κ2) is 8.49. The highest BCUT2D eigenvalue weighted by molar-refractivity contribution is 9.10. The Balaban J connectivity index is 2.09. The van der Waals surface area contributed by atoms with Gasteiger partial charge >= 0.3 is 12.1 Å². The minimum absolute atomic E-state index is 0.0942. The van der Waals surface area contributed by atoms with E-state index in [-0.39, 0.29) is 13.0 Å². The van der Waals surface area contributed by atoms with Crippen LogP contribution in [-0.4, -0.2) is 52.6 Å². The fraction of sp³-hybridized carbons (Fsp3) is 0.529. The van der Waals surface area contributed by atoms with E-state index in [9.17, 15) is 13.8 Å². The zero-order chi connectivity index (χ0) is 19.5. The molecule has 1 saturated heterocycles. The number of esters is 1. The Labute approximate surface area is 163 Å². The molecule has 26 heavy (non-hydrogen) atoms. The maximum Gasteiger partial charge on any atom is 0.411 e. The van der Waals surface area contributed by atoms with E-state index >= 15 is 0 Å². The van der Waals surface area contributed by atoms with Gasteiger partial charge in [-0.3, -0.25) is 9.08 Å². The number of ether oxygens (including phenoxy) is 2. The van der Waals surface area contributed by atoms with Crippen molar-refractivity contribution in [2.45, 2.75) is 49.8 Å². The number of hydrogen-bond donors (Lipinski definition) is 0. The van der Waals surface area contributed by atoms with Crippen molar-refractivity contribution in [3.63, 3.8) is 0 Å². The highest BCUT2D eigenvalue weighted by atomic mass is 79.9. The molecule has 1 aromatic rings. The number of amides is 1. The van der Waals surface area contributed by atoms with Crippen LogP contribution in [0.15, 0.2) is 33.6 Å². The van der Waals surface area contributed by atoms with Gasteiger partial charge in [-0.05, 0) is 45.0 Å². The second-order valence-electron chi connectivity index (χ2n) is 6.81. The van der Waals surface area contributed by atoms with Crippen LogP contribution in [0.3, 0.4) is 0 Å². The minimum atomic E-state index is -1.71. The first-order valence-corrected chi connectivity index (χ1v) is 9.89. The largest absolute Gasteiger partial charge is 0.467 e. The van der Waals surface area contributed by atoms with Gasteiger partial charge in [-0.25, -0.2) is 13.8 Å². The lowest BCUT2D eigenvalue weighted by molar-refractivity contribution is -0.145. The van der Waals surface area contributed by atoms with Crippen LogP contribution in [0.5, 0.6) is 0 Å². The summed E-state index contributed by atoms with van der Waals surface area (Å²) in [5.74, 6) is -0.559. The van der Waals surface area contributed by atoms with Crippen molar-refractivity contribution >= 4 is 39.1 Å². The Morgan fingerprint density at radius 1 is 1.23 bits per heavy atom. The smallest absolute Gasteiger partial charge is 0.411 e. The van der Waals surface area contributed by atoms with Crippen LogP contribution in [0.25, 0.3) is 0 Å². The van der Waals surface area contributed by atoms with Gasteiger partial charge in [0.15, 0.2) is 11.1 Å². The summed E-state index contributed by atoms with van der Waals surface area (Å²) in [5, 5.41) is 0. The van der Waals surface area contributed by atoms with Gasteiger partial charge in [-0.15, -0.1) is 0 Å². The number of carbonyl (C=O) groups excluding carboxylic acids is 2. The SMILES string of the molecule is COC(=O)[C@@H]1C[C@H](OS(=O)c2ccc(Br)cc2)CN1C(=O)OC(C)(C)C. The van der Waals surface area contributed by atoms with Crippen LogP contribution in [-0.2, 0) is 29.5 Å². The molecule has 3 atom stereocenters.